The van der Waals surface area contributed by atoms with E-state index in [-0.39, 0.29) is 23.8 Å². The molecule has 0 unspecified atom stereocenters. The van der Waals surface area contributed by atoms with Crippen molar-refractivity contribution in [3.63, 3.8) is 0 Å². The molecular weight excluding hydrogens is 378 g/mol. The first-order valence-electron chi connectivity index (χ1n) is 10.2. The monoisotopic (exact) mass is 403 g/mol. The number of benzene rings is 1. The Labute approximate surface area is 175 Å². The van der Waals surface area contributed by atoms with Gasteiger partial charge in [0.05, 0.1) is 11.7 Å². The summed E-state index contributed by atoms with van der Waals surface area (Å²) in [5.41, 5.74) is 2.60. The lowest BCUT2D eigenvalue weighted by Crippen LogP contribution is -2.43. The lowest BCUT2D eigenvalue weighted by Gasteiger charge is -2.32. The summed E-state index contributed by atoms with van der Waals surface area (Å²) in [6.45, 7) is 3.15. The van der Waals surface area contributed by atoms with Gasteiger partial charge < -0.3 is 10.2 Å². The molecule has 3 aromatic rings. The highest BCUT2D eigenvalue weighted by atomic mass is 16.2. The third kappa shape index (κ3) is 4.25. The number of para-hydroxylation sites is 1. The molecule has 154 valence electrons. The average Bonchev–Trinajstić information content (AvgIpc) is 3.34. The maximum atomic E-state index is 12.9. The van der Waals surface area contributed by atoms with Crippen LogP contribution < -0.4 is 5.32 Å². The van der Waals surface area contributed by atoms with E-state index in [9.17, 15) is 9.59 Å². The van der Waals surface area contributed by atoms with Gasteiger partial charge in [-0.1, -0.05) is 18.2 Å². The van der Waals surface area contributed by atoms with Crippen LogP contribution in [0.1, 0.15) is 41.7 Å². The van der Waals surface area contributed by atoms with Crippen molar-refractivity contribution in [2.45, 2.75) is 25.8 Å². The predicted molar refractivity (Wildman–Crippen MR) is 113 cm³/mol. The highest BCUT2D eigenvalue weighted by Gasteiger charge is 2.28. The number of amides is 2. The molecule has 7 nitrogen and oxygen atoms in total. The quantitative estimate of drug-likeness (QED) is 0.710. The molecule has 2 amide bonds. The van der Waals surface area contributed by atoms with Gasteiger partial charge in [0.1, 0.15) is 0 Å². The zero-order chi connectivity index (χ0) is 20.9. The molecule has 0 saturated carbocycles. The van der Waals surface area contributed by atoms with Gasteiger partial charge in [-0.2, -0.15) is 5.10 Å². The summed E-state index contributed by atoms with van der Waals surface area (Å²) in [4.78, 5) is 31.2. The summed E-state index contributed by atoms with van der Waals surface area (Å²) in [7, 11) is 0. The molecule has 4 rings (SSSR count). The maximum Gasteiger partial charge on any atom is 0.253 e. The van der Waals surface area contributed by atoms with Crippen molar-refractivity contribution in [3.05, 3.63) is 78.4 Å². The number of hydrogen-bond donors (Lipinski definition) is 1. The number of aromatic nitrogens is 3. The van der Waals surface area contributed by atoms with E-state index < -0.39 is 0 Å². The van der Waals surface area contributed by atoms with Gasteiger partial charge in [-0.05, 0) is 49.6 Å². The molecule has 7 heteroatoms. The second-order valence-corrected chi connectivity index (χ2v) is 7.54. The summed E-state index contributed by atoms with van der Waals surface area (Å²) in [5, 5.41) is 7.46. The molecule has 1 aliphatic rings. The van der Waals surface area contributed by atoms with Crippen molar-refractivity contribution >= 4 is 11.8 Å². The van der Waals surface area contributed by atoms with Crippen molar-refractivity contribution in [1.82, 2.24) is 25.0 Å². The van der Waals surface area contributed by atoms with Crippen LogP contribution in [-0.4, -0.2) is 44.6 Å². The minimum atomic E-state index is -0.144. The Balaban J connectivity index is 1.36. The number of carbonyl (C=O) groups is 2. The van der Waals surface area contributed by atoms with Gasteiger partial charge in [0.2, 0.25) is 5.91 Å². The van der Waals surface area contributed by atoms with Crippen LogP contribution in [-0.2, 0) is 4.79 Å². The molecule has 1 aromatic carbocycles. The smallest absolute Gasteiger partial charge is 0.253 e. The number of carbonyl (C=O) groups excluding carboxylic acids is 2. The molecule has 1 atom stereocenters. The Bertz CT molecular complexity index is 995. The van der Waals surface area contributed by atoms with Crippen LogP contribution in [0.3, 0.4) is 0 Å². The van der Waals surface area contributed by atoms with Crippen LogP contribution >= 0.6 is 0 Å². The number of piperidine rings is 1. The minimum Gasteiger partial charge on any atom is -0.349 e. The van der Waals surface area contributed by atoms with Crippen LogP contribution in [0.2, 0.25) is 0 Å². The maximum absolute atomic E-state index is 12.9. The van der Waals surface area contributed by atoms with Crippen LogP contribution in [0.4, 0.5) is 0 Å². The van der Waals surface area contributed by atoms with Gasteiger partial charge in [-0.25, -0.2) is 4.68 Å². The highest BCUT2D eigenvalue weighted by Crippen LogP contribution is 2.24. The molecule has 3 heterocycles. The van der Waals surface area contributed by atoms with Crippen molar-refractivity contribution in [2.24, 2.45) is 5.92 Å². The fourth-order valence-corrected chi connectivity index (χ4v) is 3.90. The summed E-state index contributed by atoms with van der Waals surface area (Å²) in [5.74, 6) is -0.0580. The van der Waals surface area contributed by atoms with E-state index in [1.165, 1.54) is 0 Å². The SMILES string of the molecule is C[C@@H](NC(=O)C1CCN(C(=O)c2ccncc2)CC1)c1ccccc1-n1cccn1. The van der Waals surface area contributed by atoms with E-state index in [1.807, 2.05) is 48.4 Å². The number of rotatable bonds is 5. The Morgan fingerprint density at radius 2 is 1.77 bits per heavy atom. The topological polar surface area (TPSA) is 80.1 Å². The van der Waals surface area contributed by atoms with Crippen LogP contribution in [0.15, 0.2) is 67.3 Å². The molecule has 2 aromatic heterocycles. The molecule has 0 spiro atoms. The minimum absolute atomic E-state index is 0.00206. The number of likely N-dealkylation sites (tertiary alicyclic amines) is 1. The third-order valence-corrected chi connectivity index (χ3v) is 5.59. The number of nitrogens with one attached hydrogen (secondary N) is 1. The zero-order valence-corrected chi connectivity index (χ0v) is 16.9. The second kappa shape index (κ2) is 8.90. The van der Waals surface area contributed by atoms with Crippen LogP contribution in [0, 0.1) is 5.92 Å². The average molecular weight is 403 g/mol. The van der Waals surface area contributed by atoms with Gasteiger partial charge in [-0.15, -0.1) is 0 Å². The lowest BCUT2D eigenvalue weighted by molar-refractivity contribution is -0.126. The van der Waals surface area contributed by atoms with E-state index >= 15 is 0 Å². The number of nitrogens with zero attached hydrogens (tertiary/aromatic N) is 4. The fourth-order valence-electron chi connectivity index (χ4n) is 3.90. The van der Waals surface area contributed by atoms with Crippen molar-refractivity contribution in [3.8, 4) is 5.69 Å². The second-order valence-electron chi connectivity index (χ2n) is 7.54. The zero-order valence-electron chi connectivity index (χ0n) is 16.9. The summed E-state index contributed by atoms with van der Waals surface area (Å²) in [6, 6.07) is 13.1. The largest absolute Gasteiger partial charge is 0.349 e. The highest BCUT2D eigenvalue weighted by molar-refractivity contribution is 5.94. The number of hydrogen-bond acceptors (Lipinski definition) is 4. The Kier molecular flexibility index (Phi) is 5.88. The summed E-state index contributed by atoms with van der Waals surface area (Å²) in [6.07, 6.45) is 8.20. The molecule has 30 heavy (non-hydrogen) atoms. The molecule has 1 fully saturated rings. The van der Waals surface area contributed by atoms with E-state index in [4.69, 9.17) is 0 Å². The Morgan fingerprint density at radius 1 is 1.03 bits per heavy atom. The van der Waals surface area contributed by atoms with Gasteiger partial charge in [0, 0.05) is 49.4 Å². The van der Waals surface area contributed by atoms with Gasteiger partial charge >= 0.3 is 0 Å². The number of pyridine rings is 1. The van der Waals surface area contributed by atoms with Gasteiger partial charge in [0.15, 0.2) is 0 Å². The van der Waals surface area contributed by atoms with Gasteiger partial charge in [0.25, 0.3) is 5.91 Å². The standard InChI is InChI=1S/C23H25N5O2/c1-17(20-5-2-3-6-21(20)28-14-4-11-25-28)26-22(29)18-9-15-27(16-10-18)23(30)19-7-12-24-13-8-19/h2-8,11-14,17-18H,9-10,15-16H2,1H3,(H,26,29)/t17-/m1/s1. The predicted octanol–water partition coefficient (Wildman–Crippen LogP) is 3.00. The molecule has 1 N–H and O–H groups in total. The lowest BCUT2D eigenvalue weighted by atomic mass is 9.94. The van der Waals surface area contributed by atoms with E-state index in [0.29, 0.717) is 31.5 Å². The first-order valence-corrected chi connectivity index (χ1v) is 10.2. The van der Waals surface area contributed by atoms with Crippen LogP contribution in [0.5, 0.6) is 0 Å². The van der Waals surface area contributed by atoms with E-state index in [0.717, 1.165) is 11.3 Å². The normalized spacial score (nSPS) is 15.6. The Morgan fingerprint density at radius 3 is 2.47 bits per heavy atom. The summed E-state index contributed by atoms with van der Waals surface area (Å²) >= 11 is 0. The molecular formula is C23H25N5O2. The third-order valence-electron chi connectivity index (χ3n) is 5.59. The van der Waals surface area contributed by atoms with E-state index in [1.54, 1.807) is 35.4 Å². The summed E-state index contributed by atoms with van der Waals surface area (Å²) < 4.78 is 1.81. The van der Waals surface area contributed by atoms with Crippen molar-refractivity contribution in [2.75, 3.05) is 13.1 Å². The van der Waals surface area contributed by atoms with Crippen molar-refractivity contribution in [1.29, 1.82) is 0 Å². The molecule has 0 aliphatic carbocycles. The molecule has 0 bridgehead atoms. The molecule has 1 aliphatic heterocycles. The van der Waals surface area contributed by atoms with Crippen LogP contribution in [0.25, 0.3) is 5.69 Å². The van der Waals surface area contributed by atoms with Crippen molar-refractivity contribution < 1.29 is 9.59 Å². The van der Waals surface area contributed by atoms with Gasteiger partial charge in [-0.3, -0.25) is 14.6 Å². The Hall–Kier alpha value is -3.48. The first-order chi connectivity index (χ1) is 14.6. The molecule has 1 saturated heterocycles. The fraction of sp³-hybridized carbons (Fsp3) is 0.304. The first kappa shape index (κ1) is 19.8. The van der Waals surface area contributed by atoms with E-state index in [2.05, 4.69) is 15.4 Å². The molecule has 0 radical (unpaired) electrons.